The van der Waals surface area contributed by atoms with E-state index in [4.69, 9.17) is 16.3 Å². The Kier molecular flexibility index (Phi) is 3.87. The highest BCUT2D eigenvalue weighted by molar-refractivity contribution is 6.30. The van der Waals surface area contributed by atoms with Crippen LogP contribution in [0.3, 0.4) is 0 Å². The maximum atomic E-state index is 12.4. The van der Waals surface area contributed by atoms with Crippen molar-refractivity contribution in [3.8, 4) is 17.0 Å². The van der Waals surface area contributed by atoms with Crippen molar-refractivity contribution in [1.82, 2.24) is 0 Å². The molecule has 5 heteroatoms. The van der Waals surface area contributed by atoms with Crippen LogP contribution in [0.2, 0.25) is 0 Å². The number of hydrogen-bond donors (Lipinski definition) is 0. The SMILES string of the molecule is FC(F)(F)c1ccccc1OCC#CCl. The zero-order chi connectivity index (χ0) is 11.3. The fourth-order valence-corrected chi connectivity index (χ4v) is 1.02. The lowest BCUT2D eigenvalue weighted by molar-refractivity contribution is -0.138. The largest absolute Gasteiger partial charge is 0.480 e. The van der Waals surface area contributed by atoms with Crippen molar-refractivity contribution in [1.29, 1.82) is 0 Å². The molecule has 0 saturated heterocycles. The summed E-state index contributed by atoms with van der Waals surface area (Å²) in [6.07, 6.45) is -4.43. The molecule has 15 heavy (non-hydrogen) atoms. The topological polar surface area (TPSA) is 9.23 Å². The van der Waals surface area contributed by atoms with Crippen LogP contribution in [0.15, 0.2) is 24.3 Å². The first-order valence-electron chi connectivity index (χ1n) is 3.93. The molecule has 0 N–H and O–H groups in total. The number of para-hydroxylation sites is 1. The van der Waals surface area contributed by atoms with Crippen molar-refractivity contribution in [2.75, 3.05) is 6.61 Å². The molecular weight excluding hydrogens is 229 g/mol. The van der Waals surface area contributed by atoms with Gasteiger partial charge in [0.05, 0.1) is 5.56 Å². The molecule has 1 aromatic rings. The third-order valence-corrected chi connectivity index (χ3v) is 1.69. The van der Waals surface area contributed by atoms with Crippen molar-refractivity contribution in [3.05, 3.63) is 29.8 Å². The minimum absolute atomic E-state index is 0.170. The highest BCUT2D eigenvalue weighted by atomic mass is 35.5. The number of halogens is 4. The van der Waals surface area contributed by atoms with Gasteiger partial charge in [0, 0.05) is 5.38 Å². The molecule has 0 aromatic heterocycles. The van der Waals surface area contributed by atoms with E-state index in [0.29, 0.717) is 0 Å². The number of alkyl halides is 3. The lowest BCUT2D eigenvalue weighted by Gasteiger charge is -2.11. The standard InChI is InChI=1S/C10H6ClF3O/c11-6-3-7-15-9-5-2-1-4-8(9)10(12,13)14/h1-2,4-5H,7H2. The van der Waals surface area contributed by atoms with E-state index in [2.05, 4.69) is 5.92 Å². The molecular formula is C10H6ClF3O. The van der Waals surface area contributed by atoms with Crippen LogP contribution in [-0.2, 0) is 6.18 Å². The molecule has 1 nitrogen and oxygen atoms in total. The van der Waals surface area contributed by atoms with Crippen LogP contribution in [0.25, 0.3) is 0 Å². The predicted molar refractivity (Wildman–Crippen MR) is 50.6 cm³/mol. The first-order chi connectivity index (χ1) is 7.05. The van der Waals surface area contributed by atoms with Crippen LogP contribution in [0.4, 0.5) is 13.2 Å². The molecule has 0 aliphatic heterocycles. The molecule has 80 valence electrons. The molecule has 1 rings (SSSR count). The summed E-state index contributed by atoms with van der Waals surface area (Å²) >= 11 is 5.03. The monoisotopic (exact) mass is 234 g/mol. The first kappa shape index (κ1) is 11.7. The van der Waals surface area contributed by atoms with Gasteiger partial charge in [-0.3, -0.25) is 0 Å². The molecule has 0 spiro atoms. The summed E-state index contributed by atoms with van der Waals surface area (Å²) in [7, 11) is 0. The van der Waals surface area contributed by atoms with Crippen molar-refractivity contribution in [2.45, 2.75) is 6.18 Å². The average molecular weight is 235 g/mol. The average Bonchev–Trinajstić information content (AvgIpc) is 2.17. The highest BCUT2D eigenvalue weighted by Gasteiger charge is 2.33. The van der Waals surface area contributed by atoms with E-state index in [1.54, 1.807) is 0 Å². The van der Waals surface area contributed by atoms with Gasteiger partial charge in [0.2, 0.25) is 0 Å². The molecule has 0 aliphatic rings. The van der Waals surface area contributed by atoms with Gasteiger partial charge in [-0.05, 0) is 29.7 Å². The van der Waals surface area contributed by atoms with Crippen LogP contribution in [0, 0.1) is 11.3 Å². The fraction of sp³-hybridized carbons (Fsp3) is 0.200. The maximum Gasteiger partial charge on any atom is 0.419 e. The van der Waals surface area contributed by atoms with Gasteiger partial charge in [0.25, 0.3) is 0 Å². The van der Waals surface area contributed by atoms with Crippen molar-refractivity contribution in [2.24, 2.45) is 0 Å². The second-order valence-corrected chi connectivity index (χ2v) is 2.74. The van der Waals surface area contributed by atoms with Gasteiger partial charge in [-0.1, -0.05) is 12.1 Å². The van der Waals surface area contributed by atoms with E-state index in [1.807, 2.05) is 5.38 Å². The molecule has 0 aliphatic carbocycles. The summed E-state index contributed by atoms with van der Waals surface area (Å²) in [5.41, 5.74) is -0.818. The smallest absolute Gasteiger partial charge is 0.419 e. The molecule has 0 fully saturated rings. The first-order valence-corrected chi connectivity index (χ1v) is 4.31. The van der Waals surface area contributed by atoms with E-state index in [0.717, 1.165) is 6.07 Å². The Balaban J connectivity index is 2.90. The van der Waals surface area contributed by atoms with E-state index in [9.17, 15) is 13.2 Å². The zero-order valence-corrected chi connectivity index (χ0v) is 8.19. The van der Waals surface area contributed by atoms with E-state index < -0.39 is 11.7 Å². The Bertz CT molecular complexity index is 390. The van der Waals surface area contributed by atoms with Crippen molar-refractivity contribution < 1.29 is 17.9 Å². The lowest BCUT2D eigenvalue weighted by atomic mass is 10.2. The highest BCUT2D eigenvalue weighted by Crippen LogP contribution is 2.35. The number of hydrogen-bond acceptors (Lipinski definition) is 1. The van der Waals surface area contributed by atoms with E-state index in [-0.39, 0.29) is 12.4 Å². The Labute approximate surface area is 89.8 Å². The van der Waals surface area contributed by atoms with Crippen LogP contribution in [0.1, 0.15) is 5.56 Å². The van der Waals surface area contributed by atoms with E-state index >= 15 is 0 Å². The van der Waals surface area contributed by atoms with Gasteiger partial charge in [0.1, 0.15) is 12.4 Å². The summed E-state index contributed by atoms with van der Waals surface area (Å²) in [6, 6.07) is 4.93. The van der Waals surface area contributed by atoms with Gasteiger partial charge < -0.3 is 4.74 Å². The molecule has 0 radical (unpaired) electrons. The normalized spacial score (nSPS) is 10.4. The summed E-state index contributed by atoms with van der Waals surface area (Å²) < 4.78 is 42.1. The van der Waals surface area contributed by atoms with Crippen LogP contribution in [-0.4, -0.2) is 6.61 Å². The molecule has 0 unspecified atom stereocenters. The lowest BCUT2D eigenvalue weighted by Crippen LogP contribution is -2.08. The second kappa shape index (κ2) is 4.94. The van der Waals surface area contributed by atoms with Gasteiger partial charge in [-0.15, -0.1) is 0 Å². The number of rotatable bonds is 2. The maximum absolute atomic E-state index is 12.4. The Morgan fingerprint density at radius 3 is 2.53 bits per heavy atom. The summed E-state index contributed by atoms with van der Waals surface area (Å²) in [5.74, 6) is 2.06. The zero-order valence-electron chi connectivity index (χ0n) is 7.44. The van der Waals surface area contributed by atoms with Crippen LogP contribution < -0.4 is 4.74 Å². The minimum Gasteiger partial charge on any atom is -0.480 e. The minimum atomic E-state index is -4.43. The van der Waals surface area contributed by atoms with Gasteiger partial charge in [-0.25, -0.2) is 0 Å². The van der Waals surface area contributed by atoms with Crippen LogP contribution in [0.5, 0.6) is 5.75 Å². The molecule has 0 saturated carbocycles. The second-order valence-electron chi connectivity index (χ2n) is 2.55. The Morgan fingerprint density at radius 1 is 1.27 bits per heavy atom. The third-order valence-electron chi connectivity index (χ3n) is 1.56. The quantitative estimate of drug-likeness (QED) is 0.714. The number of benzene rings is 1. The fourth-order valence-electron chi connectivity index (χ4n) is 0.968. The molecule has 0 heterocycles. The summed E-state index contributed by atoms with van der Waals surface area (Å²) in [6.45, 7) is -0.170. The van der Waals surface area contributed by atoms with Gasteiger partial charge in [-0.2, -0.15) is 13.2 Å². The Morgan fingerprint density at radius 2 is 1.93 bits per heavy atom. The van der Waals surface area contributed by atoms with E-state index in [1.165, 1.54) is 18.2 Å². The van der Waals surface area contributed by atoms with Gasteiger partial charge >= 0.3 is 6.18 Å². The summed E-state index contributed by atoms with van der Waals surface area (Å²) in [5, 5.41) is 2.01. The van der Waals surface area contributed by atoms with Gasteiger partial charge in [0.15, 0.2) is 0 Å². The predicted octanol–water partition coefficient (Wildman–Crippen LogP) is 3.28. The molecule has 0 bridgehead atoms. The van der Waals surface area contributed by atoms with Crippen molar-refractivity contribution in [3.63, 3.8) is 0 Å². The molecule has 0 amide bonds. The third kappa shape index (κ3) is 3.37. The summed E-state index contributed by atoms with van der Waals surface area (Å²) in [4.78, 5) is 0. The van der Waals surface area contributed by atoms with Crippen molar-refractivity contribution >= 4 is 11.6 Å². The van der Waals surface area contributed by atoms with Crippen LogP contribution >= 0.6 is 11.6 Å². The Hall–Kier alpha value is -1.34. The molecule has 1 aromatic carbocycles. The molecule has 0 atom stereocenters. The number of ether oxygens (including phenoxy) is 1.